The highest BCUT2D eigenvalue weighted by molar-refractivity contribution is 5.72. The van der Waals surface area contributed by atoms with E-state index in [0.717, 1.165) is 144 Å². The molecule has 3 heterocycles. The van der Waals surface area contributed by atoms with Gasteiger partial charge in [0.1, 0.15) is 0 Å². The van der Waals surface area contributed by atoms with Crippen LogP contribution in [0.4, 0.5) is 0 Å². The molecule has 9 fully saturated rings. The Morgan fingerprint density at radius 3 is 1.58 bits per heavy atom. The fourth-order valence-electron chi connectivity index (χ4n) is 15.2. The van der Waals surface area contributed by atoms with E-state index in [1.54, 1.807) is 0 Å². The van der Waals surface area contributed by atoms with Crippen molar-refractivity contribution in [3.8, 4) is 0 Å². The summed E-state index contributed by atoms with van der Waals surface area (Å²) in [7, 11) is 0. The molecule has 11 rings (SSSR count). The van der Waals surface area contributed by atoms with Crippen LogP contribution in [0.15, 0.2) is 48.5 Å². The minimum absolute atomic E-state index is 0.147. The Morgan fingerprint density at radius 2 is 1.12 bits per heavy atom. The topological polar surface area (TPSA) is 163 Å². The first-order valence-corrected chi connectivity index (χ1v) is 22.1. The first-order valence-electron chi connectivity index (χ1n) is 22.1. The Balaban J connectivity index is 0.810. The number of benzene rings is 2. The molecule has 11 heteroatoms. The molecule has 0 bridgehead atoms. The van der Waals surface area contributed by atoms with Gasteiger partial charge in [-0.3, -0.25) is 19.3 Å². The molecule has 3 aliphatic heterocycles. The zero-order valence-corrected chi connectivity index (χ0v) is 33.1. The fraction of sp³-hybridized carbons (Fsp3) is 0.674. The van der Waals surface area contributed by atoms with Gasteiger partial charge in [-0.05, 0) is 164 Å². The van der Waals surface area contributed by atoms with Crippen molar-refractivity contribution in [3.63, 3.8) is 0 Å². The summed E-state index contributed by atoms with van der Waals surface area (Å²) in [6.45, 7) is 9.27. The molecular weight excluding hydrogens is 719 g/mol. The molecule has 7 N–H and O–H groups in total. The predicted molar refractivity (Wildman–Crippen MR) is 214 cm³/mol. The summed E-state index contributed by atoms with van der Waals surface area (Å²) in [6, 6.07) is 17.0. The number of nitrogens with zero attached hydrogens (tertiary/aromatic N) is 1. The van der Waals surface area contributed by atoms with E-state index in [2.05, 4.69) is 74.7 Å². The third-order valence-electron chi connectivity index (χ3n) is 17.3. The van der Waals surface area contributed by atoms with E-state index in [4.69, 9.17) is 0 Å². The lowest BCUT2D eigenvalue weighted by Gasteiger charge is -3.12. The lowest BCUT2D eigenvalue weighted by molar-refractivity contribution is -0.659. The van der Waals surface area contributed by atoms with Crippen molar-refractivity contribution in [3.05, 3.63) is 70.8 Å². The number of carboxylic acids is 3. The fourth-order valence-corrected chi connectivity index (χ4v) is 15.2. The average Bonchev–Trinajstić information content (AvgIpc) is 4.02. The smallest absolute Gasteiger partial charge is 0.307 e. The maximum atomic E-state index is 12.5. The molecule has 0 spiro atoms. The van der Waals surface area contributed by atoms with Gasteiger partial charge in [0, 0.05) is 32.7 Å². The number of nitrogens with one attached hydrogen (secondary N) is 4. The van der Waals surface area contributed by atoms with E-state index in [1.807, 2.05) is 0 Å². The minimum Gasteiger partial charge on any atom is -0.481 e. The van der Waals surface area contributed by atoms with E-state index in [1.165, 1.54) is 11.1 Å². The van der Waals surface area contributed by atoms with Gasteiger partial charge in [0.15, 0.2) is 0 Å². The number of carbonyl (C=O) groups is 3. The Bertz CT molecular complexity index is 1770. The molecule has 11 nitrogen and oxygen atoms in total. The molecule has 2 aromatic carbocycles. The van der Waals surface area contributed by atoms with E-state index < -0.39 is 29.7 Å². The summed E-state index contributed by atoms with van der Waals surface area (Å²) < 4.78 is 0. The molecule has 306 valence electrons. The number of rotatable bonds is 21. The summed E-state index contributed by atoms with van der Waals surface area (Å²) in [5, 5.41) is 44.5. The number of hydrogen-bond donors (Lipinski definition) is 7. The maximum Gasteiger partial charge on any atom is 0.307 e. The summed E-state index contributed by atoms with van der Waals surface area (Å²) in [6.07, 6.45) is 4.74. The Labute approximate surface area is 336 Å². The van der Waals surface area contributed by atoms with Crippen LogP contribution in [0.5, 0.6) is 0 Å². The molecule has 0 radical (unpaired) electrons. The van der Waals surface area contributed by atoms with Crippen LogP contribution in [0, 0.1) is 81.8 Å². The van der Waals surface area contributed by atoms with Crippen LogP contribution < -0.4 is 21.3 Å². The van der Waals surface area contributed by atoms with Gasteiger partial charge in [-0.1, -0.05) is 48.5 Å². The summed E-state index contributed by atoms with van der Waals surface area (Å²) in [4.78, 5) is 39.6. The predicted octanol–water partition coefficient (Wildman–Crippen LogP) is 3.42. The largest absolute Gasteiger partial charge is 0.481 e. The van der Waals surface area contributed by atoms with Crippen LogP contribution >= 0.6 is 0 Å². The van der Waals surface area contributed by atoms with Crippen LogP contribution in [-0.4, -0.2) is 97.0 Å². The van der Waals surface area contributed by atoms with Crippen molar-refractivity contribution in [2.45, 2.75) is 51.6 Å². The maximum absolute atomic E-state index is 12.5. The summed E-state index contributed by atoms with van der Waals surface area (Å²) in [5.74, 6) is 2.42. The van der Waals surface area contributed by atoms with E-state index in [9.17, 15) is 29.7 Å². The van der Waals surface area contributed by atoms with Crippen LogP contribution in [0.1, 0.15) is 47.9 Å². The SMILES string of the molecule is O=C(O)[C@@H](Cc1cccc(CN(CCNCC23C4C5C6C4C2C6(C[C@H](C(=O)O)[C@H]2CCNC2)C53)Cc2cccc(C[C@H](C(=O)O)[C@H]3CCNC3)c2)c1)[C@H]1CCNC1. The van der Waals surface area contributed by atoms with E-state index in [-0.39, 0.29) is 23.7 Å². The summed E-state index contributed by atoms with van der Waals surface area (Å²) in [5.41, 5.74) is 5.20. The van der Waals surface area contributed by atoms with Gasteiger partial charge >= 0.3 is 17.9 Å². The third-order valence-corrected chi connectivity index (χ3v) is 17.3. The molecule has 6 aliphatic carbocycles. The molecule has 9 aliphatic rings. The molecule has 4 unspecified atom stereocenters. The number of aliphatic carboxylic acids is 3. The van der Waals surface area contributed by atoms with E-state index in [0.29, 0.717) is 23.7 Å². The van der Waals surface area contributed by atoms with Gasteiger partial charge in [0.25, 0.3) is 0 Å². The van der Waals surface area contributed by atoms with Crippen molar-refractivity contribution in [1.29, 1.82) is 0 Å². The Hall–Kier alpha value is -3.35. The standard InChI is InChI=1S/C46H61N5O6/c52-42(53)33(30-7-10-47-20-30)17-26-3-1-5-28(15-26)23-51(24-29-6-2-4-27(16-29)18-34(43(54)55)31-8-11-48-21-31)14-13-50-25-46-39-36-38-37(39)41(46)45(38,40(36)46)19-35(44(56)57)32-9-12-49-22-32/h1-6,15-16,30-41,47-50H,7-14,17-25H2,(H,52,53)(H,54,55)(H,56,57)/t30-,31-,32-,33-,34-,35-,36?,37?,38?,39?,40?,41?,45?,46?/m0/s1. The van der Waals surface area contributed by atoms with Gasteiger partial charge in [0.05, 0.1) is 17.8 Å². The quantitative estimate of drug-likeness (QED) is 0.0931. The lowest BCUT2D eigenvalue weighted by atomic mass is 8.92. The normalized spacial score (nSPS) is 37.6. The van der Waals surface area contributed by atoms with Crippen molar-refractivity contribution < 1.29 is 29.7 Å². The average molecular weight is 780 g/mol. The second-order valence-electron chi connectivity index (χ2n) is 19.6. The number of carboxylic acid groups (broad SMARTS) is 3. The molecular formula is C46H61N5O6. The molecule has 10 atom stereocenters. The molecule has 6 saturated carbocycles. The van der Waals surface area contributed by atoms with Crippen molar-refractivity contribution in [2.75, 3.05) is 58.9 Å². The highest BCUT2D eigenvalue weighted by atomic mass is 16.4. The van der Waals surface area contributed by atoms with Gasteiger partial charge < -0.3 is 36.6 Å². The lowest BCUT2D eigenvalue weighted by Crippen LogP contribution is -3.10. The van der Waals surface area contributed by atoms with Crippen LogP contribution in [0.3, 0.4) is 0 Å². The highest BCUT2D eigenvalue weighted by Gasteiger charge is 3.09. The first-order chi connectivity index (χ1) is 27.7. The minimum atomic E-state index is -0.717. The highest BCUT2D eigenvalue weighted by Crippen LogP contribution is 3.11. The van der Waals surface area contributed by atoms with Gasteiger partial charge in [-0.25, -0.2) is 0 Å². The van der Waals surface area contributed by atoms with Crippen LogP contribution in [0.2, 0.25) is 0 Å². The molecule has 2 aromatic rings. The zero-order chi connectivity index (χ0) is 39.1. The van der Waals surface area contributed by atoms with Gasteiger partial charge in [-0.15, -0.1) is 0 Å². The molecule has 57 heavy (non-hydrogen) atoms. The second kappa shape index (κ2) is 14.7. The zero-order valence-electron chi connectivity index (χ0n) is 33.1. The second-order valence-corrected chi connectivity index (χ2v) is 19.6. The molecule has 0 aromatic heterocycles. The molecule has 0 amide bonds. The van der Waals surface area contributed by atoms with Crippen LogP contribution in [-0.2, 0) is 40.3 Å². The molecule has 3 saturated heterocycles. The van der Waals surface area contributed by atoms with Crippen molar-refractivity contribution >= 4 is 17.9 Å². The Kier molecular flexibility index (Phi) is 9.79. The van der Waals surface area contributed by atoms with Crippen molar-refractivity contribution in [1.82, 2.24) is 26.2 Å². The first kappa shape index (κ1) is 37.9. The van der Waals surface area contributed by atoms with Crippen molar-refractivity contribution in [2.24, 2.45) is 81.8 Å². The summed E-state index contributed by atoms with van der Waals surface area (Å²) >= 11 is 0. The number of hydrogen-bond acceptors (Lipinski definition) is 8. The van der Waals surface area contributed by atoms with Gasteiger partial charge in [0.2, 0.25) is 0 Å². The third kappa shape index (κ3) is 5.95. The Morgan fingerprint density at radius 1 is 0.667 bits per heavy atom. The van der Waals surface area contributed by atoms with Crippen LogP contribution in [0.25, 0.3) is 0 Å². The monoisotopic (exact) mass is 779 g/mol. The van der Waals surface area contributed by atoms with E-state index >= 15 is 0 Å². The van der Waals surface area contributed by atoms with Gasteiger partial charge in [-0.2, -0.15) is 0 Å².